The first-order valence-electron chi connectivity index (χ1n) is 8.72. The quantitative estimate of drug-likeness (QED) is 0.790. The van der Waals surface area contributed by atoms with Gasteiger partial charge < -0.3 is 14.3 Å². The fourth-order valence-electron chi connectivity index (χ4n) is 2.72. The molecule has 1 aliphatic heterocycles. The summed E-state index contributed by atoms with van der Waals surface area (Å²) in [6.07, 6.45) is -0.589. The van der Waals surface area contributed by atoms with Gasteiger partial charge in [-0.05, 0) is 31.5 Å². The lowest BCUT2D eigenvalue weighted by Crippen LogP contribution is -2.49. The van der Waals surface area contributed by atoms with Crippen molar-refractivity contribution in [3.05, 3.63) is 32.6 Å². The Balaban J connectivity index is 2.36. The highest BCUT2D eigenvalue weighted by molar-refractivity contribution is 6.74. The van der Waals surface area contributed by atoms with E-state index in [4.69, 9.17) is 9.16 Å². The maximum absolute atomic E-state index is 12.2. The van der Waals surface area contributed by atoms with Gasteiger partial charge in [0.1, 0.15) is 12.2 Å². The predicted octanol–water partition coefficient (Wildman–Crippen LogP) is 1.90. The Kier molecular flexibility index (Phi) is 5.49. The van der Waals surface area contributed by atoms with Crippen LogP contribution in [0.25, 0.3) is 0 Å². The van der Waals surface area contributed by atoms with Gasteiger partial charge in [-0.3, -0.25) is 14.3 Å². The van der Waals surface area contributed by atoms with E-state index in [2.05, 4.69) is 38.8 Å². The fraction of sp³-hybridized carbons (Fsp3) is 0.765. The lowest BCUT2D eigenvalue weighted by molar-refractivity contribution is -0.0405. The number of aliphatic hydroxyl groups excluding tert-OH is 1. The predicted molar refractivity (Wildman–Crippen MR) is 98.3 cm³/mol. The van der Waals surface area contributed by atoms with Crippen LogP contribution in [0.5, 0.6) is 0 Å². The summed E-state index contributed by atoms with van der Waals surface area (Å²) in [6.45, 7) is 14.2. The van der Waals surface area contributed by atoms with E-state index in [1.807, 2.05) is 6.92 Å². The van der Waals surface area contributed by atoms with E-state index in [-0.39, 0.29) is 11.1 Å². The number of H-pyrrole nitrogens is 1. The van der Waals surface area contributed by atoms with Gasteiger partial charge in [-0.25, -0.2) is 4.79 Å². The molecule has 2 heterocycles. The lowest BCUT2D eigenvalue weighted by Gasteiger charge is -2.40. The molecule has 4 atom stereocenters. The van der Waals surface area contributed by atoms with Crippen LogP contribution in [-0.2, 0) is 9.16 Å². The van der Waals surface area contributed by atoms with Crippen LogP contribution in [0.3, 0.4) is 0 Å². The number of aromatic nitrogens is 2. The molecule has 1 aromatic heterocycles. The van der Waals surface area contributed by atoms with Crippen LogP contribution < -0.4 is 11.2 Å². The Labute approximate surface area is 149 Å². The molecule has 0 aromatic carbocycles. The third kappa shape index (κ3) is 3.81. The zero-order chi connectivity index (χ0) is 19.2. The van der Waals surface area contributed by atoms with E-state index in [1.54, 1.807) is 6.92 Å². The van der Waals surface area contributed by atoms with Crippen molar-refractivity contribution in [3.63, 3.8) is 0 Å². The molecule has 1 saturated heterocycles. The summed E-state index contributed by atoms with van der Waals surface area (Å²) < 4.78 is 13.6. The van der Waals surface area contributed by atoms with Gasteiger partial charge in [-0.15, -0.1) is 0 Å². The largest absolute Gasteiger partial charge is 0.408 e. The summed E-state index contributed by atoms with van der Waals surface area (Å²) in [4.78, 5) is 26.0. The van der Waals surface area contributed by atoms with Gasteiger partial charge >= 0.3 is 5.69 Å². The highest BCUT2D eigenvalue weighted by atomic mass is 28.4. The zero-order valence-electron chi connectivity index (χ0n) is 16.1. The van der Waals surface area contributed by atoms with E-state index >= 15 is 0 Å². The summed E-state index contributed by atoms with van der Waals surface area (Å²) in [5, 5.41) is 10.8. The maximum Gasteiger partial charge on any atom is 0.330 e. The lowest BCUT2D eigenvalue weighted by atomic mass is 10.1. The summed E-state index contributed by atoms with van der Waals surface area (Å²) in [5.74, 6) is 0. The molecule has 0 spiro atoms. The smallest absolute Gasteiger partial charge is 0.330 e. The Morgan fingerprint density at radius 3 is 2.48 bits per heavy atom. The molecule has 0 bridgehead atoms. The van der Waals surface area contributed by atoms with Crippen LogP contribution in [0.1, 0.15) is 45.9 Å². The number of hydrogen-bond donors (Lipinski definition) is 2. The molecule has 25 heavy (non-hydrogen) atoms. The van der Waals surface area contributed by atoms with Crippen LogP contribution in [0.15, 0.2) is 15.8 Å². The molecule has 1 aromatic rings. The average molecular weight is 371 g/mol. The Hall–Kier alpha value is -1.22. The first-order chi connectivity index (χ1) is 11.4. The highest BCUT2D eigenvalue weighted by Crippen LogP contribution is 2.41. The van der Waals surface area contributed by atoms with E-state index in [9.17, 15) is 14.7 Å². The van der Waals surface area contributed by atoms with Gasteiger partial charge in [-0.2, -0.15) is 0 Å². The molecule has 1 fully saturated rings. The molecule has 7 nitrogen and oxygen atoms in total. The standard InChI is InChI=1S/C17H30N2O5Si/c1-8-11-13(24-25(6,7)17(3,4)5)12(20)15(23-11)19-9-10(2)14(21)18-16(19)22/h9,11-13,15,20H,8H2,1-7H3,(H,18,21,22)/t11-,12+,13?,15-/m1/s1. The number of hydrogen-bond acceptors (Lipinski definition) is 5. The van der Waals surface area contributed by atoms with Crippen molar-refractivity contribution in [1.82, 2.24) is 9.55 Å². The van der Waals surface area contributed by atoms with Crippen LogP contribution >= 0.6 is 0 Å². The second kappa shape index (κ2) is 6.83. The van der Waals surface area contributed by atoms with Crippen molar-refractivity contribution in [1.29, 1.82) is 0 Å². The molecule has 0 radical (unpaired) electrons. The average Bonchev–Trinajstić information content (AvgIpc) is 2.78. The summed E-state index contributed by atoms with van der Waals surface area (Å²) in [5.41, 5.74) is -0.644. The van der Waals surface area contributed by atoms with Crippen molar-refractivity contribution >= 4 is 8.32 Å². The zero-order valence-corrected chi connectivity index (χ0v) is 17.1. The van der Waals surface area contributed by atoms with E-state index in [0.29, 0.717) is 12.0 Å². The number of aryl methyl sites for hydroxylation is 1. The van der Waals surface area contributed by atoms with Gasteiger partial charge in [0, 0.05) is 11.8 Å². The Morgan fingerprint density at radius 1 is 1.36 bits per heavy atom. The third-order valence-electron chi connectivity index (χ3n) is 5.37. The maximum atomic E-state index is 12.2. The normalized spacial score (nSPS) is 27.7. The van der Waals surface area contributed by atoms with Gasteiger partial charge in [0.05, 0.1) is 6.10 Å². The number of ether oxygens (including phenoxy) is 1. The number of aromatic amines is 1. The SMILES string of the molecule is CC[C@H]1O[C@@H](n2cc(C)c(=O)[nH]c2=O)[C@@H](O)C1O[Si](C)(C)C(C)(C)C. The second-order valence-electron chi connectivity index (χ2n) is 8.29. The minimum Gasteiger partial charge on any atom is -0.408 e. The summed E-state index contributed by atoms with van der Waals surface area (Å²) in [7, 11) is -2.12. The molecule has 0 aliphatic carbocycles. The molecule has 0 saturated carbocycles. The fourth-order valence-corrected chi connectivity index (χ4v) is 4.04. The van der Waals surface area contributed by atoms with Crippen LogP contribution in [0.4, 0.5) is 0 Å². The van der Waals surface area contributed by atoms with E-state index in [1.165, 1.54) is 10.8 Å². The Bertz CT molecular complexity index is 734. The topological polar surface area (TPSA) is 93.6 Å². The number of rotatable bonds is 4. The van der Waals surface area contributed by atoms with Gasteiger partial charge in [0.2, 0.25) is 0 Å². The van der Waals surface area contributed by atoms with Crippen LogP contribution in [0.2, 0.25) is 18.1 Å². The van der Waals surface area contributed by atoms with E-state index < -0.39 is 38.0 Å². The first-order valence-corrected chi connectivity index (χ1v) is 11.6. The van der Waals surface area contributed by atoms with Crippen molar-refractivity contribution in [2.75, 3.05) is 0 Å². The van der Waals surface area contributed by atoms with Crippen molar-refractivity contribution in [2.45, 2.75) is 83.7 Å². The van der Waals surface area contributed by atoms with Crippen molar-refractivity contribution < 1.29 is 14.3 Å². The molecule has 2 N–H and O–H groups in total. The van der Waals surface area contributed by atoms with Gasteiger partial charge in [-0.1, -0.05) is 27.7 Å². The number of nitrogens with one attached hydrogen (secondary N) is 1. The van der Waals surface area contributed by atoms with Gasteiger partial charge in [0.25, 0.3) is 5.56 Å². The molecule has 142 valence electrons. The minimum absolute atomic E-state index is 0.00545. The Morgan fingerprint density at radius 2 is 1.96 bits per heavy atom. The second-order valence-corrected chi connectivity index (χ2v) is 13.0. The summed E-state index contributed by atoms with van der Waals surface area (Å²) >= 11 is 0. The van der Waals surface area contributed by atoms with Crippen molar-refractivity contribution in [2.24, 2.45) is 0 Å². The van der Waals surface area contributed by atoms with Crippen LogP contribution in [0, 0.1) is 6.92 Å². The number of aliphatic hydroxyl groups is 1. The molecule has 1 unspecified atom stereocenters. The van der Waals surface area contributed by atoms with Crippen LogP contribution in [-0.4, -0.2) is 41.3 Å². The monoisotopic (exact) mass is 370 g/mol. The molecule has 0 amide bonds. The molecule has 2 rings (SSSR count). The summed E-state index contributed by atoms with van der Waals surface area (Å²) in [6, 6.07) is 0. The first kappa shape index (κ1) is 20.1. The third-order valence-corrected chi connectivity index (χ3v) is 9.84. The molecular formula is C17H30N2O5Si. The minimum atomic E-state index is -2.12. The molecule has 8 heteroatoms. The molecule has 1 aliphatic rings. The molecular weight excluding hydrogens is 340 g/mol. The van der Waals surface area contributed by atoms with Crippen molar-refractivity contribution in [3.8, 4) is 0 Å². The number of nitrogens with zero attached hydrogens (tertiary/aromatic N) is 1. The highest BCUT2D eigenvalue weighted by Gasteiger charge is 2.49. The van der Waals surface area contributed by atoms with E-state index in [0.717, 1.165) is 0 Å². The van der Waals surface area contributed by atoms with Gasteiger partial charge in [0.15, 0.2) is 14.5 Å².